The highest BCUT2D eigenvalue weighted by molar-refractivity contribution is 5.84. The SMILES string of the molecule is CNc1nc(N)nc2c1ncn2CCCn1cc(Cn2cnc3c(NC)nc(N)nc32)nn1. The Hall–Kier alpha value is -4.56. The van der Waals surface area contributed by atoms with Gasteiger partial charge in [-0.05, 0) is 6.42 Å². The molecule has 0 radical (unpaired) electrons. The lowest BCUT2D eigenvalue weighted by atomic mass is 10.4. The molecule has 0 saturated carbocycles. The molecule has 15 nitrogen and oxygen atoms in total. The summed E-state index contributed by atoms with van der Waals surface area (Å²) in [6.07, 6.45) is 6.14. The van der Waals surface area contributed by atoms with Gasteiger partial charge in [0.25, 0.3) is 0 Å². The Kier molecular flexibility index (Phi) is 5.04. The van der Waals surface area contributed by atoms with Crippen LogP contribution in [0, 0.1) is 0 Å². The molecule has 0 fully saturated rings. The van der Waals surface area contributed by atoms with Crippen molar-refractivity contribution in [1.29, 1.82) is 0 Å². The molecule has 0 unspecified atom stereocenters. The number of nitrogens with one attached hydrogen (secondary N) is 2. The minimum atomic E-state index is 0.179. The van der Waals surface area contributed by atoms with Gasteiger partial charge in [0.2, 0.25) is 11.9 Å². The fraction of sp³-hybridized carbons (Fsp3) is 0.333. The lowest BCUT2D eigenvalue weighted by molar-refractivity contribution is 0.518. The molecule has 5 aromatic heterocycles. The highest BCUT2D eigenvalue weighted by Gasteiger charge is 2.14. The number of aryl methyl sites for hydroxylation is 2. The molecule has 0 aliphatic carbocycles. The number of anilines is 4. The molecule has 0 aromatic carbocycles. The Morgan fingerprint density at radius 2 is 1.42 bits per heavy atom. The minimum Gasteiger partial charge on any atom is -0.371 e. The Balaban J connectivity index is 1.26. The smallest absolute Gasteiger partial charge is 0.224 e. The van der Waals surface area contributed by atoms with Gasteiger partial charge in [0.05, 0.1) is 25.4 Å². The maximum atomic E-state index is 5.82. The molecule has 0 amide bonds. The topological polar surface area (TPSA) is 194 Å². The first-order chi connectivity index (χ1) is 16.1. The maximum absolute atomic E-state index is 5.82. The average molecular weight is 449 g/mol. The van der Waals surface area contributed by atoms with Gasteiger partial charge in [0.1, 0.15) is 5.69 Å². The van der Waals surface area contributed by atoms with Gasteiger partial charge in [-0.25, -0.2) is 9.97 Å². The van der Waals surface area contributed by atoms with Crippen molar-refractivity contribution in [2.45, 2.75) is 26.1 Å². The summed E-state index contributed by atoms with van der Waals surface area (Å²) in [6.45, 7) is 1.83. The van der Waals surface area contributed by atoms with E-state index in [1.165, 1.54) is 0 Å². The second kappa shape index (κ2) is 8.18. The van der Waals surface area contributed by atoms with Gasteiger partial charge in [0.15, 0.2) is 34.0 Å². The van der Waals surface area contributed by atoms with E-state index in [2.05, 4.69) is 50.8 Å². The zero-order valence-electron chi connectivity index (χ0n) is 18.1. The lowest BCUT2D eigenvalue weighted by Gasteiger charge is -2.05. The van der Waals surface area contributed by atoms with E-state index in [0.29, 0.717) is 53.6 Å². The number of hydrogen-bond acceptors (Lipinski definition) is 12. The Bertz CT molecular complexity index is 1430. The number of nitrogens with zero attached hydrogens (tertiary/aromatic N) is 11. The van der Waals surface area contributed by atoms with E-state index in [4.69, 9.17) is 11.5 Å². The molecular formula is C18H23N15. The van der Waals surface area contributed by atoms with Crippen LogP contribution in [0.3, 0.4) is 0 Å². The number of rotatable bonds is 8. The van der Waals surface area contributed by atoms with Crippen molar-refractivity contribution in [3.8, 4) is 0 Å². The van der Waals surface area contributed by atoms with Crippen LogP contribution in [0.5, 0.6) is 0 Å². The van der Waals surface area contributed by atoms with Crippen LogP contribution in [0.1, 0.15) is 12.1 Å². The molecule has 15 heteroatoms. The van der Waals surface area contributed by atoms with Gasteiger partial charge in [0, 0.05) is 27.2 Å². The van der Waals surface area contributed by atoms with Crippen molar-refractivity contribution < 1.29 is 0 Å². The molecule has 0 saturated heterocycles. The van der Waals surface area contributed by atoms with E-state index < -0.39 is 0 Å². The predicted molar refractivity (Wildman–Crippen MR) is 122 cm³/mol. The van der Waals surface area contributed by atoms with Crippen molar-refractivity contribution in [3.05, 3.63) is 24.5 Å². The summed E-state index contributed by atoms with van der Waals surface area (Å²) in [5.74, 6) is 1.58. The first kappa shape index (κ1) is 20.3. The standard InChI is InChI=1S/C18H23N15/c1-21-13-11-15(27-17(19)25-13)31(8-23-11)4-3-5-33-7-10(29-30-33)6-32-9-24-12-14(22-2)26-18(20)28-16(12)32/h7-9H,3-6H2,1-2H3,(H3,19,21,25,27)(H3,20,22,26,28). The molecule has 0 bridgehead atoms. The molecule has 170 valence electrons. The van der Waals surface area contributed by atoms with E-state index in [1.54, 1.807) is 31.4 Å². The van der Waals surface area contributed by atoms with Crippen LogP contribution in [-0.4, -0.2) is 68.1 Å². The normalized spacial score (nSPS) is 11.5. The number of imidazole rings is 2. The van der Waals surface area contributed by atoms with Crippen LogP contribution in [-0.2, 0) is 19.6 Å². The quantitative estimate of drug-likeness (QED) is 0.247. The molecule has 0 aliphatic rings. The maximum Gasteiger partial charge on any atom is 0.224 e. The Morgan fingerprint density at radius 3 is 2.06 bits per heavy atom. The Morgan fingerprint density at radius 1 is 0.818 bits per heavy atom. The minimum absolute atomic E-state index is 0.179. The van der Waals surface area contributed by atoms with Gasteiger partial charge in [-0.15, -0.1) is 5.10 Å². The second-order valence-corrected chi connectivity index (χ2v) is 7.34. The monoisotopic (exact) mass is 449 g/mol. The zero-order chi connectivity index (χ0) is 22.9. The molecule has 5 rings (SSSR count). The van der Waals surface area contributed by atoms with Crippen molar-refractivity contribution >= 4 is 45.9 Å². The van der Waals surface area contributed by atoms with E-state index in [9.17, 15) is 0 Å². The van der Waals surface area contributed by atoms with Crippen molar-refractivity contribution in [3.63, 3.8) is 0 Å². The van der Waals surface area contributed by atoms with Gasteiger partial charge in [-0.1, -0.05) is 5.21 Å². The summed E-state index contributed by atoms with van der Waals surface area (Å²) < 4.78 is 5.62. The van der Waals surface area contributed by atoms with Crippen LogP contribution in [0.2, 0.25) is 0 Å². The van der Waals surface area contributed by atoms with Crippen LogP contribution < -0.4 is 22.1 Å². The van der Waals surface area contributed by atoms with Gasteiger partial charge in [-0.2, -0.15) is 19.9 Å². The lowest BCUT2D eigenvalue weighted by Crippen LogP contribution is -2.06. The van der Waals surface area contributed by atoms with Crippen LogP contribution in [0.15, 0.2) is 18.9 Å². The number of aromatic nitrogens is 11. The third-order valence-electron chi connectivity index (χ3n) is 5.14. The molecular weight excluding hydrogens is 426 g/mol. The third kappa shape index (κ3) is 3.79. The van der Waals surface area contributed by atoms with Gasteiger partial charge >= 0.3 is 0 Å². The number of nitrogen functional groups attached to an aromatic ring is 2. The first-order valence-electron chi connectivity index (χ1n) is 10.3. The van der Waals surface area contributed by atoms with E-state index in [1.807, 2.05) is 15.3 Å². The van der Waals surface area contributed by atoms with Crippen molar-refractivity contribution in [1.82, 2.24) is 54.0 Å². The molecule has 0 atom stereocenters. The van der Waals surface area contributed by atoms with Crippen LogP contribution >= 0.6 is 0 Å². The molecule has 0 spiro atoms. The second-order valence-electron chi connectivity index (χ2n) is 7.34. The zero-order valence-corrected chi connectivity index (χ0v) is 18.1. The van der Waals surface area contributed by atoms with Crippen LogP contribution in [0.25, 0.3) is 22.3 Å². The van der Waals surface area contributed by atoms with Crippen molar-refractivity contribution in [2.75, 3.05) is 36.2 Å². The predicted octanol–water partition coefficient (Wildman–Crippen LogP) is -0.0561. The van der Waals surface area contributed by atoms with Gasteiger partial charge in [-0.3, -0.25) is 4.68 Å². The summed E-state index contributed by atoms with van der Waals surface area (Å²) >= 11 is 0. The molecule has 0 aliphatic heterocycles. The first-order valence-corrected chi connectivity index (χ1v) is 10.3. The summed E-state index contributed by atoms with van der Waals surface area (Å²) in [5, 5.41) is 14.5. The molecule has 33 heavy (non-hydrogen) atoms. The van der Waals surface area contributed by atoms with Crippen LogP contribution in [0.4, 0.5) is 23.5 Å². The number of hydrogen-bond donors (Lipinski definition) is 4. The summed E-state index contributed by atoms with van der Waals surface area (Å²) in [5.41, 5.74) is 15.1. The average Bonchev–Trinajstić information content (AvgIpc) is 3.53. The molecule has 5 heterocycles. The third-order valence-corrected chi connectivity index (χ3v) is 5.14. The summed E-state index contributed by atoms with van der Waals surface area (Å²) in [4.78, 5) is 25.7. The van der Waals surface area contributed by atoms with E-state index >= 15 is 0 Å². The number of nitrogens with two attached hydrogens (primary N) is 2. The summed E-state index contributed by atoms with van der Waals surface area (Å²) in [7, 11) is 3.54. The van der Waals surface area contributed by atoms with E-state index in [0.717, 1.165) is 12.1 Å². The van der Waals surface area contributed by atoms with Gasteiger partial charge < -0.3 is 31.2 Å². The molecule has 5 aromatic rings. The fourth-order valence-electron chi connectivity index (χ4n) is 3.65. The highest BCUT2D eigenvalue weighted by Crippen LogP contribution is 2.21. The van der Waals surface area contributed by atoms with Crippen molar-refractivity contribution in [2.24, 2.45) is 0 Å². The van der Waals surface area contributed by atoms with E-state index in [-0.39, 0.29) is 11.9 Å². The molecule has 6 N–H and O–H groups in total. The highest BCUT2D eigenvalue weighted by atomic mass is 15.4. The Labute approximate surface area is 187 Å². The summed E-state index contributed by atoms with van der Waals surface area (Å²) in [6, 6.07) is 0. The number of fused-ring (bicyclic) bond motifs is 2. The fourth-order valence-corrected chi connectivity index (χ4v) is 3.65. The largest absolute Gasteiger partial charge is 0.371 e.